The average molecular weight is 396 g/mol. The Hall–Kier alpha value is -2.15. The standard InChI is InChI=1S/C17H11Cl2NO4S/c18-11-5-4-10(12(19)7-11)8-20-16(23)14(25-17(20)24)6-9-2-1-3-13(21)15(9)22/h1-7,21-22H,8H2/b14-6-. The molecular weight excluding hydrogens is 385 g/mol. The lowest BCUT2D eigenvalue weighted by atomic mass is 10.1. The Labute approximate surface area is 157 Å². The number of benzene rings is 2. The number of amides is 2. The summed E-state index contributed by atoms with van der Waals surface area (Å²) in [5.74, 6) is -1.15. The molecule has 1 fully saturated rings. The van der Waals surface area contributed by atoms with E-state index in [0.29, 0.717) is 15.6 Å². The van der Waals surface area contributed by atoms with Crippen LogP contribution >= 0.6 is 35.0 Å². The van der Waals surface area contributed by atoms with Crippen molar-refractivity contribution in [1.29, 1.82) is 0 Å². The molecule has 0 atom stereocenters. The van der Waals surface area contributed by atoms with Gasteiger partial charge in [-0.25, -0.2) is 0 Å². The molecule has 0 radical (unpaired) electrons. The predicted octanol–water partition coefficient (Wildman–Crippen LogP) is 4.64. The fourth-order valence-corrected chi connectivity index (χ4v) is 3.56. The fourth-order valence-electron chi connectivity index (χ4n) is 2.26. The Morgan fingerprint density at radius 1 is 1.12 bits per heavy atom. The molecule has 2 amide bonds. The molecule has 3 rings (SSSR count). The summed E-state index contributed by atoms with van der Waals surface area (Å²) in [6.07, 6.45) is 1.36. The van der Waals surface area contributed by atoms with Gasteiger partial charge in [-0.2, -0.15) is 0 Å². The maximum atomic E-state index is 12.5. The quantitative estimate of drug-likeness (QED) is 0.584. The Kier molecular flexibility index (Phi) is 4.94. The SMILES string of the molecule is O=C1S/C(=C\c2cccc(O)c2O)C(=O)N1Cc1ccc(Cl)cc1Cl. The number of carbonyl (C=O) groups excluding carboxylic acids is 2. The third kappa shape index (κ3) is 3.61. The number of hydrogen-bond acceptors (Lipinski definition) is 5. The topological polar surface area (TPSA) is 77.8 Å². The van der Waals surface area contributed by atoms with Crippen LogP contribution in [-0.2, 0) is 11.3 Å². The summed E-state index contributed by atoms with van der Waals surface area (Å²) in [6.45, 7) is 0.0179. The van der Waals surface area contributed by atoms with Crippen LogP contribution in [0, 0.1) is 0 Å². The van der Waals surface area contributed by atoms with Crippen LogP contribution in [0.4, 0.5) is 4.79 Å². The molecule has 1 aliphatic heterocycles. The molecule has 1 aliphatic rings. The molecule has 0 aromatic heterocycles. The summed E-state index contributed by atoms with van der Waals surface area (Å²) in [5, 5.41) is 19.7. The summed E-state index contributed by atoms with van der Waals surface area (Å²) in [7, 11) is 0. The highest BCUT2D eigenvalue weighted by Crippen LogP contribution is 2.37. The van der Waals surface area contributed by atoms with Gasteiger partial charge >= 0.3 is 0 Å². The van der Waals surface area contributed by atoms with Crippen molar-refractivity contribution in [3.63, 3.8) is 0 Å². The van der Waals surface area contributed by atoms with E-state index in [1.165, 1.54) is 30.3 Å². The summed E-state index contributed by atoms with van der Waals surface area (Å²) in [4.78, 5) is 25.9. The second-order valence-electron chi connectivity index (χ2n) is 5.22. The normalized spacial score (nSPS) is 16.1. The molecule has 0 bridgehead atoms. The molecule has 8 heteroatoms. The number of nitrogens with zero attached hydrogens (tertiary/aromatic N) is 1. The Bertz CT molecular complexity index is 914. The van der Waals surface area contributed by atoms with Crippen LogP contribution in [0.5, 0.6) is 11.5 Å². The van der Waals surface area contributed by atoms with Crippen LogP contribution in [0.15, 0.2) is 41.3 Å². The first kappa shape index (κ1) is 17.7. The maximum absolute atomic E-state index is 12.5. The highest BCUT2D eigenvalue weighted by molar-refractivity contribution is 8.18. The minimum Gasteiger partial charge on any atom is -0.504 e. The molecule has 0 saturated carbocycles. The smallest absolute Gasteiger partial charge is 0.293 e. The van der Waals surface area contributed by atoms with Gasteiger partial charge in [-0.15, -0.1) is 0 Å². The Morgan fingerprint density at radius 3 is 2.60 bits per heavy atom. The number of phenols is 2. The highest BCUT2D eigenvalue weighted by Gasteiger charge is 2.35. The monoisotopic (exact) mass is 395 g/mol. The van der Waals surface area contributed by atoms with E-state index in [2.05, 4.69) is 0 Å². The molecule has 2 N–H and O–H groups in total. The van der Waals surface area contributed by atoms with Crippen molar-refractivity contribution in [1.82, 2.24) is 4.90 Å². The van der Waals surface area contributed by atoms with Gasteiger partial charge in [0.15, 0.2) is 11.5 Å². The van der Waals surface area contributed by atoms with Gasteiger partial charge in [0.25, 0.3) is 11.1 Å². The second-order valence-corrected chi connectivity index (χ2v) is 7.06. The van der Waals surface area contributed by atoms with Crippen molar-refractivity contribution >= 4 is 52.2 Å². The molecule has 2 aromatic rings. The van der Waals surface area contributed by atoms with Gasteiger partial charge in [-0.05, 0) is 41.6 Å². The van der Waals surface area contributed by atoms with Crippen molar-refractivity contribution in [3.05, 3.63) is 62.5 Å². The fraction of sp³-hybridized carbons (Fsp3) is 0.0588. The largest absolute Gasteiger partial charge is 0.504 e. The first-order valence-corrected chi connectivity index (χ1v) is 8.64. The van der Waals surface area contributed by atoms with Crippen LogP contribution < -0.4 is 0 Å². The summed E-state index contributed by atoms with van der Waals surface area (Å²) >= 11 is 12.7. The summed E-state index contributed by atoms with van der Waals surface area (Å²) in [5.41, 5.74) is 0.838. The number of phenolic OH excluding ortho intramolecular Hbond substituents is 2. The minimum atomic E-state index is -0.497. The molecule has 128 valence electrons. The third-order valence-electron chi connectivity index (χ3n) is 3.55. The van der Waals surface area contributed by atoms with Crippen molar-refractivity contribution in [2.45, 2.75) is 6.54 Å². The van der Waals surface area contributed by atoms with E-state index in [0.717, 1.165) is 16.7 Å². The molecule has 25 heavy (non-hydrogen) atoms. The van der Waals surface area contributed by atoms with E-state index in [1.807, 2.05) is 0 Å². The first-order valence-electron chi connectivity index (χ1n) is 7.07. The minimum absolute atomic E-state index is 0.0179. The molecule has 1 heterocycles. The van der Waals surface area contributed by atoms with Gasteiger partial charge in [-0.1, -0.05) is 41.4 Å². The van der Waals surface area contributed by atoms with Gasteiger partial charge in [0.2, 0.25) is 0 Å². The van der Waals surface area contributed by atoms with Gasteiger partial charge in [0, 0.05) is 15.6 Å². The van der Waals surface area contributed by atoms with Gasteiger partial charge in [0.05, 0.1) is 11.4 Å². The number of para-hydroxylation sites is 1. The van der Waals surface area contributed by atoms with Crippen LogP contribution in [0.25, 0.3) is 6.08 Å². The number of imide groups is 1. The van der Waals surface area contributed by atoms with E-state index in [9.17, 15) is 19.8 Å². The molecule has 1 saturated heterocycles. The summed E-state index contributed by atoms with van der Waals surface area (Å²) < 4.78 is 0. The van der Waals surface area contributed by atoms with Crippen molar-refractivity contribution < 1.29 is 19.8 Å². The molecule has 5 nitrogen and oxygen atoms in total. The molecule has 0 spiro atoms. The van der Waals surface area contributed by atoms with E-state index >= 15 is 0 Å². The lowest BCUT2D eigenvalue weighted by Crippen LogP contribution is -2.27. The molecular formula is C17H11Cl2NO4S. The average Bonchev–Trinajstić information content (AvgIpc) is 2.81. The Balaban J connectivity index is 1.87. The van der Waals surface area contributed by atoms with Crippen LogP contribution in [0.3, 0.4) is 0 Å². The summed E-state index contributed by atoms with van der Waals surface area (Å²) in [6, 6.07) is 9.19. The van der Waals surface area contributed by atoms with E-state index in [4.69, 9.17) is 23.2 Å². The molecule has 2 aromatic carbocycles. The number of halogens is 2. The molecule has 0 unspecified atom stereocenters. The van der Waals surface area contributed by atoms with Crippen LogP contribution in [-0.4, -0.2) is 26.3 Å². The number of rotatable bonds is 3. The lowest BCUT2D eigenvalue weighted by Gasteiger charge is -2.13. The number of hydrogen-bond donors (Lipinski definition) is 2. The van der Waals surface area contributed by atoms with E-state index in [-0.39, 0.29) is 28.5 Å². The van der Waals surface area contributed by atoms with Gasteiger partial charge in [0.1, 0.15) is 0 Å². The first-order chi connectivity index (χ1) is 11.9. The van der Waals surface area contributed by atoms with E-state index < -0.39 is 11.1 Å². The van der Waals surface area contributed by atoms with Crippen molar-refractivity contribution in [3.8, 4) is 11.5 Å². The van der Waals surface area contributed by atoms with Gasteiger partial charge < -0.3 is 10.2 Å². The number of aromatic hydroxyl groups is 2. The number of carbonyl (C=O) groups is 2. The van der Waals surface area contributed by atoms with Crippen molar-refractivity contribution in [2.75, 3.05) is 0 Å². The van der Waals surface area contributed by atoms with Crippen LogP contribution in [0.1, 0.15) is 11.1 Å². The zero-order chi connectivity index (χ0) is 18.1. The van der Waals surface area contributed by atoms with Crippen molar-refractivity contribution in [2.24, 2.45) is 0 Å². The Morgan fingerprint density at radius 2 is 1.88 bits per heavy atom. The zero-order valence-electron chi connectivity index (χ0n) is 12.6. The molecule has 0 aliphatic carbocycles. The highest BCUT2D eigenvalue weighted by atomic mass is 35.5. The third-order valence-corrected chi connectivity index (χ3v) is 5.04. The van der Waals surface area contributed by atoms with E-state index in [1.54, 1.807) is 12.1 Å². The van der Waals surface area contributed by atoms with Gasteiger partial charge in [-0.3, -0.25) is 14.5 Å². The lowest BCUT2D eigenvalue weighted by molar-refractivity contribution is -0.123. The number of thioether (sulfide) groups is 1. The maximum Gasteiger partial charge on any atom is 0.293 e. The predicted molar refractivity (Wildman–Crippen MR) is 97.7 cm³/mol. The van der Waals surface area contributed by atoms with Crippen LogP contribution in [0.2, 0.25) is 10.0 Å². The zero-order valence-corrected chi connectivity index (χ0v) is 14.9. The second kappa shape index (κ2) is 7.00.